The van der Waals surface area contributed by atoms with E-state index in [4.69, 9.17) is 9.47 Å². The lowest BCUT2D eigenvalue weighted by atomic mass is 10.0. The highest BCUT2D eigenvalue weighted by Gasteiger charge is 2.20. The molecule has 0 atom stereocenters. The van der Waals surface area contributed by atoms with E-state index in [0.29, 0.717) is 23.4 Å². The fourth-order valence-electron chi connectivity index (χ4n) is 5.81. The van der Waals surface area contributed by atoms with Crippen LogP contribution in [0.4, 0.5) is 11.4 Å². The second-order valence-corrected chi connectivity index (χ2v) is 10.3. The van der Waals surface area contributed by atoms with Crippen molar-refractivity contribution in [3.63, 3.8) is 0 Å². The molecule has 202 valence electrons. The van der Waals surface area contributed by atoms with Gasteiger partial charge in [-0.15, -0.1) is 0 Å². The molecule has 1 aliphatic rings. The van der Waals surface area contributed by atoms with Gasteiger partial charge in [-0.1, -0.05) is 60.7 Å². The number of ether oxygens (including phenoxy) is 2. The zero-order chi connectivity index (χ0) is 27.9. The first-order valence-electron chi connectivity index (χ1n) is 14.0. The van der Waals surface area contributed by atoms with Crippen LogP contribution in [0, 0.1) is 0 Å². The molecule has 4 aromatic carbocycles. The largest absolute Gasteiger partial charge is 0.439 e. The molecule has 6 heteroatoms. The summed E-state index contributed by atoms with van der Waals surface area (Å²) >= 11 is 0. The lowest BCUT2D eigenvalue weighted by Crippen LogP contribution is -2.02. The summed E-state index contributed by atoms with van der Waals surface area (Å²) in [5.74, 6) is 2.03. The number of fused-ring (bicyclic) bond motifs is 5. The molecule has 0 amide bonds. The van der Waals surface area contributed by atoms with Crippen molar-refractivity contribution in [3.05, 3.63) is 139 Å². The van der Waals surface area contributed by atoms with E-state index in [0.717, 1.165) is 46.3 Å². The third-order valence-corrected chi connectivity index (χ3v) is 7.72. The van der Waals surface area contributed by atoms with Crippen molar-refractivity contribution < 1.29 is 9.47 Å². The number of nitrogens with zero attached hydrogens (tertiary/aromatic N) is 3. The zero-order valence-corrected chi connectivity index (χ0v) is 22.7. The number of anilines is 2. The molecule has 0 fully saturated rings. The molecule has 42 heavy (non-hydrogen) atoms. The van der Waals surface area contributed by atoms with Gasteiger partial charge in [0.1, 0.15) is 5.75 Å². The molecule has 0 saturated carbocycles. The smallest absolute Gasteiger partial charge is 0.224 e. The Morgan fingerprint density at radius 2 is 1.33 bits per heavy atom. The first-order valence-corrected chi connectivity index (χ1v) is 14.0. The molecule has 0 saturated heterocycles. The van der Waals surface area contributed by atoms with Gasteiger partial charge in [0.05, 0.1) is 22.4 Å². The highest BCUT2D eigenvalue weighted by atomic mass is 16.5. The minimum Gasteiger partial charge on any atom is -0.439 e. The number of pyridine rings is 2. The molecule has 7 aromatic rings. The molecule has 0 aliphatic carbocycles. The minimum absolute atomic E-state index is 0.416. The quantitative estimate of drug-likeness (QED) is 0.233. The van der Waals surface area contributed by atoms with Crippen LogP contribution in [0.2, 0.25) is 0 Å². The number of rotatable bonds is 5. The Labute approximate surface area is 242 Å². The molecule has 4 heterocycles. The summed E-state index contributed by atoms with van der Waals surface area (Å²) in [6.45, 7) is 0. The van der Waals surface area contributed by atoms with Gasteiger partial charge in [-0.05, 0) is 60.4 Å². The van der Waals surface area contributed by atoms with E-state index in [1.807, 2.05) is 30.3 Å². The molecule has 1 aliphatic heterocycles. The average Bonchev–Trinajstić information content (AvgIpc) is 3.21. The van der Waals surface area contributed by atoms with Gasteiger partial charge in [-0.25, -0.2) is 4.98 Å². The van der Waals surface area contributed by atoms with Crippen LogP contribution in [-0.2, 0) is 12.8 Å². The number of benzene rings is 4. The maximum atomic E-state index is 6.29. The predicted molar refractivity (Wildman–Crippen MR) is 167 cm³/mol. The summed E-state index contributed by atoms with van der Waals surface area (Å²) in [6, 6.07) is 40.9. The fraction of sp³-hybridized carbons (Fsp3) is 0.0556. The molecular formula is C36H26N4O2. The zero-order valence-electron chi connectivity index (χ0n) is 22.7. The van der Waals surface area contributed by atoms with Crippen LogP contribution >= 0.6 is 0 Å². The molecule has 0 radical (unpaired) electrons. The summed E-state index contributed by atoms with van der Waals surface area (Å²) in [5, 5.41) is 6.14. The fourth-order valence-corrected chi connectivity index (χ4v) is 5.81. The topological polar surface area (TPSA) is 61.2 Å². The van der Waals surface area contributed by atoms with Crippen LogP contribution in [0.1, 0.15) is 11.1 Å². The summed E-state index contributed by atoms with van der Waals surface area (Å²) in [5.41, 5.74) is 8.24. The second kappa shape index (κ2) is 10.1. The van der Waals surface area contributed by atoms with E-state index in [-0.39, 0.29) is 0 Å². The van der Waals surface area contributed by atoms with E-state index >= 15 is 0 Å². The molecule has 6 nitrogen and oxygen atoms in total. The number of nitrogens with one attached hydrogen (secondary N) is 1. The summed E-state index contributed by atoms with van der Waals surface area (Å²) in [7, 11) is 0. The van der Waals surface area contributed by atoms with Gasteiger partial charge in [0.25, 0.3) is 0 Å². The van der Waals surface area contributed by atoms with Crippen LogP contribution in [0.15, 0.2) is 128 Å². The molecule has 0 bridgehead atoms. The van der Waals surface area contributed by atoms with Crippen LogP contribution in [0.3, 0.4) is 0 Å². The second-order valence-electron chi connectivity index (χ2n) is 10.3. The van der Waals surface area contributed by atoms with Gasteiger partial charge < -0.3 is 19.4 Å². The third-order valence-electron chi connectivity index (χ3n) is 7.72. The van der Waals surface area contributed by atoms with Crippen molar-refractivity contribution in [1.82, 2.24) is 14.5 Å². The molecule has 8 rings (SSSR count). The molecule has 0 spiro atoms. The van der Waals surface area contributed by atoms with Crippen LogP contribution in [0.25, 0.3) is 27.5 Å². The van der Waals surface area contributed by atoms with Crippen molar-refractivity contribution in [2.45, 2.75) is 12.8 Å². The van der Waals surface area contributed by atoms with Crippen molar-refractivity contribution in [3.8, 4) is 29.1 Å². The Kier molecular flexibility index (Phi) is 5.81. The lowest BCUT2D eigenvalue weighted by Gasteiger charge is -2.18. The average molecular weight is 547 g/mol. The Morgan fingerprint density at radius 3 is 2.26 bits per heavy atom. The number of para-hydroxylation sites is 3. The van der Waals surface area contributed by atoms with Gasteiger partial charge in [0, 0.05) is 46.9 Å². The van der Waals surface area contributed by atoms with E-state index in [2.05, 4.69) is 98.7 Å². The summed E-state index contributed by atoms with van der Waals surface area (Å²) < 4.78 is 14.4. The van der Waals surface area contributed by atoms with Crippen molar-refractivity contribution in [2.75, 3.05) is 5.32 Å². The van der Waals surface area contributed by atoms with Crippen LogP contribution in [-0.4, -0.2) is 14.5 Å². The van der Waals surface area contributed by atoms with Crippen molar-refractivity contribution >= 4 is 33.2 Å². The third kappa shape index (κ3) is 4.30. The van der Waals surface area contributed by atoms with Gasteiger partial charge in [-0.2, -0.15) is 4.98 Å². The Morgan fingerprint density at radius 1 is 0.595 bits per heavy atom. The standard InChI is InChI=1S/C36H26N4O2/c1-3-12-29-24(9-1)18-19-25-10-7-14-31(36(25)38-29)40-30-13-4-2-11-27(30)28-21-20-26(23-32(28)40)41-34-16-8-17-35(39-34)42-33-15-5-6-22-37-33/h1-17,20-23,38H,18-19H2. The molecule has 1 N–H and O–H groups in total. The maximum absolute atomic E-state index is 6.29. The van der Waals surface area contributed by atoms with Gasteiger partial charge in [0.2, 0.25) is 17.6 Å². The van der Waals surface area contributed by atoms with Crippen molar-refractivity contribution in [1.29, 1.82) is 0 Å². The summed E-state index contributed by atoms with van der Waals surface area (Å²) in [6.07, 6.45) is 3.66. The predicted octanol–water partition coefficient (Wildman–Crippen LogP) is 9.00. The van der Waals surface area contributed by atoms with Crippen LogP contribution < -0.4 is 14.8 Å². The van der Waals surface area contributed by atoms with E-state index in [9.17, 15) is 0 Å². The van der Waals surface area contributed by atoms with Crippen LogP contribution in [0.5, 0.6) is 23.4 Å². The molecule has 3 aromatic heterocycles. The lowest BCUT2D eigenvalue weighted by molar-refractivity contribution is 0.417. The molecular weight excluding hydrogens is 520 g/mol. The van der Waals surface area contributed by atoms with E-state index < -0.39 is 0 Å². The highest BCUT2D eigenvalue weighted by molar-refractivity contribution is 6.10. The first kappa shape index (κ1) is 24.2. The number of hydrogen-bond donors (Lipinski definition) is 1. The first-order chi connectivity index (χ1) is 20.8. The Bertz CT molecular complexity index is 2080. The normalized spacial score (nSPS) is 12.3. The van der Waals surface area contributed by atoms with Crippen molar-refractivity contribution in [2.24, 2.45) is 0 Å². The highest BCUT2D eigenvalue weighted by Crippen LogP contribution is 2.40. The number of hydrogen-bond acceptors (Lipinski definition) is 5. The number of aromatic nitrogens is 3. The molecule has 0 unspecified atom stereocenters. The van der Waals surface area contributed by atoms with Gasteiger partial charge in [0.15, 0.2) is 0 Å². The monoisotopic (exact) mass is 546 g/mol. The Hall–Kier alpha value is -5.62. The van der Waals surface area contributed by atoms with E-state index in [1.165, 1.54) is 16.5 Å². The Balaban J connectivity index is 1.23. The van der Waals surface area contributed by atoms with E-state index in [1.54, 1.807) is 18.3 Å². The van der Waals surface area contributed by atoms with Gasteiger partial charge >= 0.3 is 0 Å². The summed E-state index contributed by atoms with van der Waals surface area (Å²) in [4.78, 5) is 8.77. The van der Waals surface area contributed by atoms with Gasteiger partial charge in [-0.3, -0.25) is 0 Å². The maximum Gasteiger partial charge on any atom is 0.224 e. The number of aryl methyl sites for hydroxylation is 2. The SMILES string of the molecule is c1ccc(Oc2cccc(Oc3ccc4c5ccccc5n(-c5cccc6c5Nc5ccccc5CC6)c4c3)n2)nc1. The minimum atomic E-state index is 0.416.